The number of pyridine rings is 1. The maximum Gasteiger partial charge on any atom is 0.336 e. The Morgan fingerprint density at radius 3 is 2.28 bits per heavy atom. The quantitative estimate of drug-likeness (QED) is 0.837. The van der Waals surface area contributed by atoms with Crippen LogP contribution in [-0.2, 0) is 4.79 Å². The van der Waals surface area contributed by atoms with E-state index in [1.807, 2.05) is 31.2 Å². The largest absolute Gasteiger partial charge is 0.478 e. The minimum atomic E-state index is -0.935. The monoisotopic (exact) mass is 239 g/mol. The van der Waals surface area contributed by atoms with Crippen molar-refractivity contribution in [2.45, 2.75) is 6.92 Å². The molecule has 0 aliphatic carbocycles. The lowest BCUT2D eigenvalue weighted by atomic mass is 10.0. The summed E-state index contributed by atoms with van der Waals surface area (Å²) < 4.78 is 0. The molecule has 0 aliphatic rings. The molecule has 0 bridgehead atoms. The summed E-state index contributed by atoms with van der Waals surface area (Å²) in [5, 5.41) is 9.27. The van der Waals surface area contributed by atoms with Gasteiger partial charge in [0.05, 0.1) is 5.57 Å². The molecule has 0 unspecified atom stereocenters. The van der Waals surface area contributed by atoms with Gasteiger partial charge in [0.25, 0.3) is 0 Å². The Bertz CT molecular complexity index is 571. The number of carboxylic acids is 1. The van der Waals surface area contributed by atoms with Crippen molar-refractivity contribution in [2.24, 2.45) is 0 Å². The number of hydrogen-bond acceptors (Lipinski definition) is 2. The first-order chi connectivity index (χ1) is 8.66. The SMILES string of the molecule is Cc1ccc(/C(=C\c2ccncc2)C(=O)O)cc1. The van der Waals surface area contributed by atoms with Crippen LogP contribution in [-0.4, -0.2) is 16.1 Å². The van der Waals surface area contributed by atoms with Crippen molar-refractivity contribution >= 4 is 17.6 Å². The Labute approximate surface area is 105 Å². The lowest BCUT2D eigenvalue weighted by Crippen LogP contribution is -1.99. The van der Waals surface area contributed by atoms with Gasteiger partial charge in [-0.15, -0.1) is 0 Å². The maximum absolute atomic E-state index is 11.3. The fraction of sp³-hybridized carbons (Fsp3) is 0.0667. The van der Waals surface area contributed by atoms with Gasteiger partial charge in [-0.25, -0.2) is 4.79 Å². The number of aliphatic carboxylic acids is 1. The van der Waals surface area contributed by atoms with Crippen LogP contribution in [0.1, 0.15) is 16.7 Å². The molecule has 1 aromatic heterocycles. The van der Waals surface area contributed by atoms with Gasteiger partial charge in [-0.05, 0) is 36.3 Å². The molecule has 1 aromatic carbocycles. The summed E-state index contributed by atoms with van der Waals surface area (Å²) in [5.41, 5.74) is 2.90. The highest BCUT2D eigenvalue weighted by atomic mass is 16.4. The van der Waals surface area contributed by atoms with E-state index < -0.39 is 5.97 Å². The molecule has 0 amide bonds. The molecule has 2 rings (SSSR count). The van der Waals surface area contributed by atoms with Crippen molar-refractivity contribution < 1.29 is 9.90 Å². The average molecular weight is 239 g/mol. The van der Waals surface area contributed by atoms with Crippen molar-refractivity contribution in [3.8, 4) is 0 Å². The average Bonchev–Trinajstić information content (AvgIpc) is 2.38. The van der Waals surface area contributed by atoms with E-state index in [1.54, 1.807) is 30.6 Å². The second kappa shape index (κ2) is 5.27. The minimum Gasteiger partial charge on any atom is -0.478 e. The number of rotatable bonds is 3. The zero-order chi connectivity index (χ0) is 13.0. The first-order valence-corrected chi connectivity index (χ1v) is 5.59. The standard InChI is InChI=1S/C15H13NO2/c1-11-2-4-13(5-3-11)14(15(17)18)10-12-6-8-16-9-7-12/h2-10H,1H3,(H,17,18)/b14-10+. The molecule has 90 valence electrons. The fourth-order valence-corrected chi connectivity index (χ4v) is 1.63. The molecule has 3 heteroatoms. The molecule has 0 fully saturated rings. The number of hydrogen-bond donors (Lipinski definition) is 1. The molecule has 0 spiro atoms. The highest BCUT2D eigenvalue weighted by Gasteiger charge is 2.09. The van der Waals surface area contributed by atoms with Gasteiger partial charge in [0.2, 0.25) is 0 Å². The molecule has 0 atom stereocenters. The molecule has 1 N–H and O–H groups in total. The van der Waals surface area contributed by atoms with Gasteiger partial charge in [0, 0.05) is 12.4 Å². The number of carboxylic acid groups (broad SMARTS) is 1. The van der Waals surface area contributed by atoms with Gasteiger partial charge in [-0.3, -0.25) is 4.98 Å². The summed E-state index contributed by atoms with van der Waals surface area (Å²) in [6.07, 6.45) is 4.93. The van der Waals surface area contributed by atoms with Crippen LogP contribution in [0.2, 0.25) is 0 Å². The summed E-state index contributed by atoms with van der Waals surface area (Å²) in [7, 11) is 0. The van der Waals surface area contributed by atoms with Gasteiger partial charge in [-0.2, -0.15) is 0 Å². The van der Waals surface area contributed by atoms with Crippen molar-refractivity contribution in [3.63, 3.8) is 0 Å². The summed E-state index contributed by atoms with van der Waals surface area (Å²) in [6, 6.07) is 11.0. The zero-order valence-corrected chi connectivity index (χ0v) is 10.00. The molecule has 3 nitrogen and oxygen atoms in total. The first kappa shape index (κ1) is 12.0. The topological polar surface area (TPSA) is 50.2 Å². The molecule has 0 radical (unpaired) electrons. The van der Waals surface area contributed by atoms with Crippen LogP contribution in [0.4, 0.5) is 0 Å². The lowest BCUT2D eigenvalue weighted by Gasteiger charge is -2.03. The van der Waals surface area contributed by atoms with Crippen LogP contribution in [0.25, 0.3) is 11.6 Å². The highest BCUT2D eigenvalue weighted by molar-refractivity contribution is 6.20. The highest BCUT2D eigenvalue weighted by Crippen LogP contribution is 2.18. The van der Waals surface area contributed by atoms with Crippen molar-refractivity contribution in [3.05, 3.63) is 65.5 Å². The number of carbonyl (C=O) groups is 1. The molecule has 2 aromatic rings. The predicted molar refractivity (Wildman–Crippen MR) is 70.9 cm³/mol. The minimum absolute atomic E-state index is 0.279. The number of nitrogens with zero attached hydrogens (tertiary/aromatic N) is 1. The molecule has 0 saturated heterocycles. The smallest absolute Gasteiger partial charge is 0.336 e. The van der Waals surface area contributed by atoms with Crippen LogP contribution in [0.5, 0.6) is 0 Å². The van der Waals surface area contributed by atoms with Crippen molar-refractivity contribution in [1.82, 2.24) is 4.98 Å². The summed E-state index contributed by atoms with van der Waals surface area (Å²) in [5.74, 6) is -0.935. The normalized spacial score (nSPS) is 11.3. The van der Waals surface area contributed by atoms with E-state index in [2.05, 4.69) is 4.98 Å². The second-order valence-electron chi connectivity index (χ2n) is 4.01. The molecule has 1 heterocycles. The van der Waals surface area contributed by atoms with E-state index in [0.717, 1.165) is 11.1 Å². The predicted octanol–water partition coefficient (Wildman–Crippen LogP) is 3.02. The Morgan fingerprint density at radius 1 is 1.11 bits per heavy atom. The van der Waals surface area contributed by atoms with Crippen molar-refractivity contribution in [2.75, 3.05) is 0 Å². The number of benzene rings is 1. The van der Waals surface area contributed by atoms with Gasteiger partial charge >= 0.3 is 5.97 Å². The Balaban J connectivity index is 2.44. The van der Waals surface area contributed by atoms with Crippen LogP contribution in [0, 0.1) is 6.92 Å². The van der Waals surface area contributed by atoms with Gasteiger partial charge in [0.1, 0.15) is 0 Å². The molecular formula is C15H13NO2. The van der Waals surface area contributed by atoms with Crippen LogP contribution < -0.4 is 0 Å². The van der Waals surface area contributed by atoms with Crippen LogP contribution in [0.15, 0.2) is 48.8 Å². The molecule has 18 heavy (non-hydrogen) atoms. The van der Waals surface area contributed by atoms with E-state index in [-0.39, 0.29) is 5.57 Å². The maximum atomic E-state index is 11.3. The van der Waals surface area contributed by atoms with E-state index >= 15 is 0 Å². The summed E-state index contributed by atoms with van der Waals surface area (Å²) in [4.78, 5) is 15.2. The molecular weight excluding hydrogens is 226 g/mol. The molecule has 0 aliphatic heterocycles. The van der Waals surface area contributed by atoms with E-state index in [4.69, 9.17) is 0 Å². The molecule has 0 saturated carbocycles. The first-order valence-electron chi connectivity index (χ1n) is 5.59. The van der Waals surface area contributed by atoms with Gasteiger partial charge < -0.3 is 5.11 Å². The third-order valence-corrected chi connectivity index (χ3v) is 2.61. The van der Waals surface area contributed by atoms with Gasteiger partial charge in [-0.1, -0.05) is 29.8 Å². The second-order valence-corrected chi connectivity index (χ2v) is 4.01. The number of aryl methyl sites for hydroxylation is 1. The Kier molecular flexibility index (Phi) is 3.53. The van der Waals surface area contributed by atoms with E-state index in [0.29, 0.717) is 5.56 Å². The lowest BCUT2D eigenvalue weighted by molar-refractivity contribution is -0.130. The summed E-state index contributed by atoms with van der Waals surface area (Å²) in [6.45, 7) is 1.97. The van der Waals surface area contributed by atoms with Gasteiger partial charge in [0.15, 0.2) is 0 Å². The Morgan fingerprint density at radius 2 is 1.72 bits per heavy atom. The fourth-order valence-electron chi connectivity index (χ4n) is 1.63. The Hall–Kier alpha value is -2.42. The van der Waals surface area contributed by atoms with Crippen molar-refractivity contribution in [1.29, 1.82) is 0 Å². The third-order valence-electron chi connectivity index (χ3n) is 2.61. The van der Waals surface area contributed by atoms with Crippen LogP contribution in [0.3, 0.4) is 0 Å². The van der Waals surface area contributed by atoms with E-state index in [9.17, 15) is 9.90 Å². The zero-order valence-electron chi connectivity index (χ0n) is 10.00. The summed E-state index contributed by atoms with van der Waals surface area (Å²) >= 11 is 0. The third kappa shape index (κ3) is 2.83. The van der Waals surface area contributed by atoms with E-state index in [1.165, 1.54) is 0 Å². The van der Waals surface area contributed by atoms with Crippen LogP contribution >= 0.6 is 0 Å². The number of aromatic nitrogens is 1.